The average molecular weight is 183 g/mol. The van der Waals surface area contributed by atoms with Crippen molar-refractivity contribution in [2.24, 2.45) is 0 Å². The van der Waals surface area contributed by atoms with Gasteiger partial charge in [0.05, 0.1) is 19.1 Å². The van der Waals surface area contributed by atoms with Crippen molar-refractivity contribution in [2.45, 2.75) is 13.3 Å². The van der Waals surface area contributed by atoms with Gasteiger partial charge in [0, 0.05) is 6.54 Å². The number of alkyl carbamates (subject to hydrolysis) is 1. The first-order valence-corrected chi connectivity index (χ1v) is 4.24. The molecule has 0 atom stereocenters. The van der Waals surface area contributed by atoms with Gasteiger partial charge in [-0.3, -0.25) is 0 Å². The molecule has 0 saturated heterocycles. The Morgan fingerprint density at radius 3 is 3.15 bits per heavy atom. The maximum absolute atomic E-state index is 10.8. The van der Waals surface area contributed by atoms with Crippen molar-refractivity contribution < 1.29 is 13.9 Å². The lowest BCUT2D eigenvalue weighted by Gasteiger charge is -2.03. The molecule has 0 radical (unpaired) electrons. The number of carbonyl (C=O) groups is 1. The molecule has 0 aliphatic rings. The van der Waals surface area contributed by atoms with E-state index in [2.05, 4.69) is 10.1 Å². The van der Waals surface area contributed by atoms with E-state index in [-0.39, 0.29) is 6.09 Å². The van der Waals surface area contributed by atoms with Gasteiger partial charge in [-0.25, -0.2) is 4.79 Å². The molecule has 1 N–H and O–H groups in total. The maximum atomic E-state index is 10.8. The summed E-state index contributed by atoms with van der Waals surface area (Å²) < 4.78 is 9.56. The van der Waals surface area contributed by atoms with E-state index in [1.165, 1.54) is 0 Å². The van der Waals surface area contributed by atoms with E-state index in [4.69, 9.17) is 4.42 Å². The Kier molecular flexibility index (Phi) is 3.88. The largest absolute Gasteiger partial charge is 0.472 e. The van der Waals surface area contributed by atoms with Crippen LogP contribution >= 0.6 is 0 Å². The standard InChI is InChI=1S/C9H13NO3/c1-2-13-9(11)10-5-3-8-4-6-12-7-8/h4,6-7H,2-3,5H2,1H3,(H,10,11). The van der Waals surface area contributed by atoms with E-state index in [1.54, 1.807) is 19.5 Å². The van der Waals surface area contributed by atoms with E-state index in [0.29, 0.717) is 13.2 Å². The van der Waals surface area contributed by atoms with Crippen LogP contribution in [0.25, 0.3) is 0 Å². The molecule has 0 aromatic carbocycles. The number of nitrogens with one attached hydrogen (secondary N) is 1. The Bertz CT molecular complexity index is 243. The molecule has 0 fully saturated rings. The van der Waals surface area contributed by atoms with Crippen LogP contribution < -0.4 is 5.32 Å². The summed E-state index contributed by atoms with van der Waals surface area (Å²) >= 11 is 0. The lowest BCUT2D eigenvalue weighted by Crippen LogP contribution is -2.26. The van der Waals surface area contributed by atoms with Crippen LogP contribution in [0.15, 0.2) is 23.0 Å². The topological polar surface area (TPSA) is 51.5 Å². The third kappa shape index (κ3) is 3.64. The zero-order chi connectivity index (χ0) is 9.52. The molecular formula is C9H13NO3. The van der Waals surface area contributed by atoms with Gasteiger partial charge in [-0.05, 0) is 25.0 Å². The molecule has 0 aliphatic heterocycles. The molecule has 1 aromatic rings. The van der Waals surface area contributed by atoms with Crippen LogP contribution in [0.2, 0.25) is 0 Å². The van der Waals surface area contributed by atoms with Gasteiger partial charge in [0.15, 0.2) is 0 Å². The molecule has 0 bridgehead atoms. The van der Waals surface area contributed by atoms with Gasteiger partial charge >= 0.3 is 6.09 Å². The molecule has 1 rings (SSSR count). The zero-order valence-corrected chi connectivity index (χ0v) is 7.58. The minimum Gasteiger partial charge on any atom is -0.472 e. The fraction of sp³-hybridized carbons (Fsp3) is 0.444. The van der Waals surface area contributed by atoms with Crippen molar-refractivity contribution in [2.75, 3.05) is 13.2 Å². The molecule has 4 heteroatoms. The highest BCUT2D eigenvalue weighted by Crippen LogP contribution is 1.99. The number of hydrogen-bond acceptors (Lipinski definition) is 3. The zero-order valence-electron chi connectivity index (χ0n) is 7.58. The van der Waals surface area contributed by atoms with Crippen LogP contribution in [0.3, 0.4) is 0 Å². The molecule has 0 spiro atoms. The molecule has 72 valence electrons. The van der Waals surface area contributed by atoms with E-state index >= 15 is 0 Å². The Hall–Kier alpha value is -1.45. The van der Waals surface area contributed by atoms with E-state index in [1.807, 2.05) is 6.07 Å². The predicted molar refractivity (Wildman–Crippen MR) is 47.4 cm³/mol. The molecular weight excluding hydrogens is 170 g/mol. The number of amides is 1. The Morgan fingerprint density at radius 2 is 2.54 bits per heavy atom. The van der Waals surface area contributed by atoms with Crippen molar-refractivity contribution in [1.82, 2.24) is 5.32 Å². The first kappa shape index (κ1) is 9.64. The van der Waals surface area contributed by atoms with Crippen LogP contribution in [0.5, 0.6) is 0 Å². The van der Waals surface area contributed by atoms with E-state index < -0.39 is 0 Å². The van der Waals surface area contributed by atoms with Gasteiger partial charge in [-0.1, -0.05) is 0 Å². The highest BCUT2D eigenvalue weighted by Gasteiger charge is 1.99. The molecule has 0 saturated carbocycles. The number of ether oxygens (including phenoxy) is 1. The molecule has 0 aliphatic carbocycles. The van der Waals surface area contributed by atoms with E-state index in [9.17, 15) is 4.79 Å². The summed E-state index contributed by atoms with van der Waals surface area (Å²) in [6.45, 7) is 2.74. The van der Waals surface area contributed by atoms with Crippen molar-refractivity contribution in [3.05, 3.63) is 24.2 Å². The molecule has 1 aromatic heterocycles. The lowest BCUT2D eigenvalue weighted by atomic mass is 10.2. The molecule has 0 unspecified atom stereocenters. The minimum atomic E-state index is -0.369. The first-order valence-electron chi connectivity index (χ1n) is 4.24. The highest BCUT2D eigenvalue weighted by atomic mass is 16.5. The third-order valence-corrected chi connectivity index (χ3v) is 1.54. The SMILES string of the molecule is CCOC(=O)NCCc1ccoc1. The summed E-state index contributed by atoms with van der Waals surface area (Å²) in [7, 11) is 0. The number of carbonyl (C=O) groups excluding carboxylic acids is 1. The summed E-state index contributed by atoms with van der Waals surface area (Å²) in [5, 5.41) is 2.62. The highest BCUT2D eigenvalue weighted by molar-refractivity contribution is 5.66. The quantitative estimate of drug-likeness (QED) is 0.770. The van der Waals surface area contributed by atoms with Gasteiger partial charge in [0.2, 0.25) is 0 Å². The van der Waals surface area contributed by atoms with Crippen LogP contribution in [-0.2, 0) is 11.2 Å². The van der Waals surface area contributed by atoms with Gasteiger partial charge < -0.3 is 14.5 Å². The van der Waals surface area contributed by atoms with Gasteiger partial charge in [0.25, 0.3) is 0 Å². The molecule has 4 nitrogen and oxygen atoms in total. The minimum absolute atomic E-state index is 0.369. The Balaban J connectivity index is 2.11. The summed E-state index contributed by atoms with van der Waals surface area (Å²) in [4.78, 5) is 10.8. The lowest BCUT2D eigenvalue weighted by molar-refractivity contribution is 0.152. The van der Waals surface area contributed by atoms with Gasteiger partial charge in [0.1, 0.15) is 0 Å². The van der Waals surface area contributed by atoms with Gasteiger partial charge in [-0.2, -0.15) is 0 Å². The Labute approximate surface area is 76.9 Å². The Morgan fingerprint density at radius 1 is 1.69 bits per heavy atom. The summed E-state index contributed by atoms with van der Waals surface area (Å²) in [6, 6.07) is 1.87. The molecule has 13 heavy (non-hydrogen) atoms. The number of hydrogen-bond donors (Lipinski definition) is 1. The summed E-state index contributed by atoms with van der Waals surface area (Å²) in [5.74, 6) is 0. The first-order chi connectivity index (χ1) is 6.33. The van der Waals surface area contributed by atoms with Crippen LogP contribution in [0.4, 0.5) is 4.79 Å². The van der Waals surface area contributed by atoms with E-state index in [0.717, 1.165) is 12.0 Å². The summed E-state index contributed by atoms with van der Waals surface area (Å²) in [5.41, 5.74) is 1.07. The fourth-order valence-electron chi connectivity index (χ4n) is 0.926. The third-order valence-electron chi connectivity index (χ3n) is 1.54. The van der Waals surface area contributed by atoms with Crippen molar-refractivity contribution in [1.29, 1.82) is 0 Å². The fourth-order valence-corrected chi connectivity index (χ4v) is 0.926. The molecule has 1 heterocycles. The molecule has 1 amide bonds. The predicted octanol–water partition coefficient (Wildman–Crippen LogP) is 1.57. The second-order valence-electron chi connectivity index (χ2n) is 2.53. The van der Waals surface area contributed by atoms with Crippen LogP contribution in [0, 0.1) is 0 Å². The second-order valence-corrected chi connectivity index (χ2v) is 2.53. The van der Waals surface area contributed by atoms with Crippen LogP contribution in [0.1, 0.15) is 12.5 Å². The smallest absolute Gasteiger partial charge is 0.407 e. The summed E-state index contributed by atoms with van der Waals surface area (Å²) in [6.07, 6.45) is 3.66. The average Bonchev–Trinajstić information content (AvgIpc) is 2.57. The number of furan rings is 1. The maximum Gasteiger partial charge on any atom is 0.407 e. The number of rotatable bonds is 4. The van der Waals surface area contributed by atoms with Crippen LogP contribution in [-0.4, -0.2) is 19.2 Å². The monoisotopic (exact) mass is 183 g/mol. The van der Waals surface area contributed by atoms with Crippen molar-refractivity contribution >= 4 is 6.09 Å². The normalized spacial score (nSPS) is 9.62. The van der Waals surface area contributed by atoms with Crippen molar-refractivity contribution in [3.8, 4) is 0 Å². The second kappa shape index (κ2) is 5.24. The van der Waals surface area contributed by atoms with Gasteiger partial charge in [-0.15, -0.1) is 0 Å². The van der Waals surface area contributed by atoms with Crippen molar-refractivity contribution in [3.63, 3.8) is 0 Å².